The maximum Gasteiger partial charge on any atom is 0.257 e. The fraction of sp³-hybridized carbons (Fsp3) is 0.208. The summed E-state index contributed by atoms with van der Waals surface area (Å²) in [6.07, 6.45) is 2.62. The molecule has 2 amide bonds. The van der Waals surface area contributed by atoms with Gasteiger partial charge in [-0.05, 0) is 61.0 Å². The second-order valence-electron chi connectivity index (χ2n) is 7.13. The van der Waals surface area contributed by atoms with E-state index in [0.717, 1.165) is 29.9 Å². The number of hydrogen-bond acceptors (Lipinski definition) is 4. The molecule has 0 bridgehead atoms. The maximum absolute atomic E-state index is 12.8. The molecule has 0 aliphatic rings. The van der Waals surface area contributed by atoms with Gasteiger partial charge >= 0.3 is 0 Å². The minimum atomic E-state index is -0.256. The molecule has 0 radical (unpaired) electrons. The zero-order chi connectivity index (χ0) is 21.5. The summed E-state index contributed by atoms with van der Waals surface area (Å²) in [6, 6.07) is 18.9. The highest BCUT2D eigenvalue weighted by atomic mass is 16.2. The van der Waals surface area contributed by atoms with E-state index in [1.807, 2.05) is 61.5 Å². The van der Waals surface area contributed by atoms with Gasteiger partial charge in [-0.1, -0.05) is 12.1 Å². The number of rotatable bonds is 7. The van der Waals surface area contributed by atoms with E-state index in [0.29, 0.717) is 16.9 Å². The molecule has 30 heavy (non-hydrogen) atoms. The highest BCUT2D eigenvalue weighted by molar-refractivity contribution is 6.10. The fourth-order valence-corrected chi connectivity index (χ4v) is 3.03. The molecule has 2 aromatic carbocycles. The summed E-state index contributed by atoms with van der Waals surface area (Å²) in [6.45, 7) is 4.18. The number of carbonyl (C=O) groups is 2. The van der Waals surface area contributed by atoms with Crippen LogP contribution in [-0.4, -0.2) is 30.4 Å². The van der Waals surface area contributed by atoms with E-state index < -0.39 is 0 Å². The average molecular weight is 402 g/mol. The van der Waals surface area contributed by atoms with E-state index in [2.05, 4.69) is 15.6 Å². The van der Waals surface area contributed by atoms with Gasteiger partial charge in [-0.3, -0.25) is 14.6 Å². The molecule has 0 unspecified atom stereocenters. The number of pyridine rings is 1. The van der Waals surface area contributed by atoms with Gasteiger partial charge in [0, 0.05) is 50.2 Å². The lowest BCUT2D eigenvalue weighted by Crippen LogP contribution is -2.26. The highest BCUT2D eigenvalue weighted by Gasteiger charge is 2.17. The summed E-state index contributed by atoms with van der Waals surface area (Å²) in [5.74, 6) is -0.384. The van der Waals surface area contributed by atoms with Crippen molar-refractivity contribution < 1.29 is 9.59 Å². The van der Waals surface area contributed by atoms with Gasteiger partial charge in [-0.25, -0.2) is 0 Å². The molecule has 6 nitrogen and oxygen atoms in total. The molecular formula is C24H26N4O2. The lowest BCUT2D eigenvalue weighted by molar-refractivity contribution is -0.116. The molecule has 3 rings (SSSR count). The Kier molecular flexibility index (Phi) is 6.80. The van der Waals surface area contributed by atoms with Crippen LogP contribution in [0.15, 0.2) is 66.9 Å². The third kappa shape index (κ3) is 5.44. The summed E-state index contributed by atoms with van der Waals surface area (Å²) in [5, 5.41) is 6.26. The zero-order valence-corrected chi connectivity index (χ0v) is 17.5. The van der Waals surface area contributed by atoms with Crippen LogP contribution >= 0.6 is 0 Å². The number of hydrogen-bond donors (Lipinski definition) is 2. The molecule has 0 spiro atoms. The summed E-state index contributed by atoms with van der Waals surface area (Å²) in [7, 11) is 1.67. The molecule has 0 saturated heterocycles. The van der Waals surface area contributed by atoms with Gasteiger partial charge in [0.25, 0.3) is 5.91 Å². The zero-order valence-electron chi connectivity index (χ0n) is 17.5. The van der Waals surface area contributed by atoms with Crippen LogP contribution < -0.4 is 15.5 Å². The summed E-state index contributed by atoms with van der Waals surface area (Å²) in [5.41, 5.74) is 4.72. The Balaban J connectivity index is 1.63. The monoisotopic (exact) mass is 402 g/mol. The molecule has 1 aromatic heterocycles. The quantitative estimate of drug-likeness (QED) is 0.619. The second kappa shape index (κ2) is 9.69. The van der Waals surface area contributed by atoms with Gasteiger partial charge in [0.2, 0.25) is 5.91 Å². The molecule has 0 saturated carbocycles. The predicted molar refractivity (Wildman–Crippen MR) is 121 cm³/mol. The van der Waals surface area contributed by atoms with E-state index in [1.54, 1.807) is 19.3 Å². The third-order valence-corrected chi connectivity index (χ3v) is 4.81. The molecule has 154 valence electrons. The predicted octanol–water partition coefficient (Wildman–Crippen LogP) is 4.28. The molecule has 2 N–H and O–H groups in total. The first-order valence-corrected chi connectivity index (χ1v) is 9.84. The fourth-order valence-electron chi connectivity index (χ4n) is 3.03. The van der Waals surface area contributed by atoms with Crippen molar-refractivity contribution >= 4 is 28.9 Å². The summed E-state index contributed by atoms with van der Waals surface area (Å²) in [4.78, 5) is 30.4. The van der Waals surface area contributed by atoms with Crippen molar-refractivity contribution in [3.05, 3.63) is 83.7 Å². The van der Waals surface area contributed by atoms with Crippen molar-refractivity contribution in [3.8, 4) is 0 Å². The Bertz CT molecular complexity index is 1020. The largest absolute Gasteiger partial charge is 0.385 e. The van der Waals surface area contributed by atoms with Crippen LogP contribution in [0.5, 0.6) is 0 Å². The highest BCUT2D eigenvalue weighted by Crippen LogP contribution is 2.23. The van der Waals surface area contributed by atoms with Crippen molar-refractivity contribution in [3.63, 3.8) is 0 Å². The minimum absolute atomic E-state index is 0.129. The van der Waals surface area contributed by atoms with E-state index in [-0.39, 0.29) is 11.8 Å². The van der Waals surface area contributed by atoms with Crippen molar-refractivity contribution in [1.29, 1.82) is 0 Å². The van der Waals surface area contributed by atoms with Gasteiger partial charge in [-0.15, -0.1) is 0 Å². The molecule has 0 fully saturated rings. The first-order valence-electron chi connectivity index (χ1n) is 9.84. The lowest BCUT2D eigenvalue weighted by Gasteiger charge is -2.19. The second-order valence-corrected chi connectivity index (χ2v) is 7.13. The molecular weight excluding hydrogens is 376 g/mol. The smallest absolute Gasteiger partial charge is 0.257 e. The standard InChI is InChI=1S/C24H26N4O2/c1-17-7-12-22(23(16-17)28(3)18(2)29)24(30)27-21-10-8-20(9-11-21)26-15-13-19-6-4-5-14-25-19/h4-12,14,16,26H,13,15H2,1-3H3,(H,27,30). The number of aryl methyl sites for hydroxylation is 1. The van der Waals surface area contributed by atoms with E-state index in [4.69, 9.17) is 0 Å². The Morgan fingerprint density at radius 2 is 1.73 bits per heavy atom. The number of nitrogens with zero attached hydrogens (tertiary/aromatic N) is 2. The third-order valence-electron chi connectivity index (χ3n) is 4.81. The first kappa shape index (κ1) is 21.0. The minimum Gasteiger partial charge on any atom is -0.385 e. The Hall–Kier alpha value is -3.67. The van der Waals surface area contributed by atoms with Crippen molar-refractivity contribution in [1.82, 2.24) is 4.98 Å². The van der Waals surface area contributed by atoms with Gasteiger partial charge in [0.05, 0.1) is 11.3 Å². The molecule has 6 heteroatoms. The SMILES string of the molecule is CC(=O)N(C)c1cc(C)ccc1C(=O)Nc1ccc(NCCc2ccccn2)cc1. The normalized spacial score (nSPS) is 10.4. The summed E-state index contributed by atoms with van der Waals surface area (Å²) < 4.78 is 0. The van der Waals surface area contributed by atoms with E-state index in [1.165, 1.54) is 11.8 Å². The van der Waals surface area contributed by atoms with Gasteiger partial charge in [-0.2, -0.15) is 0 Å². The van der Waals surface area contributed by atoms with Crippen molar-refractivity contribution in [2.75, 3.05) is 29.1 Å². The number of aromatic nitrogens is 1. The Labute approximate surface area is 177 Å². The van der Waals surface area contributed by atoms with Crippen LogP contribution in [0.4, 0.5) is 17.1 Å². The molecule has 3 aromatic rings. The molecule has 0 atom stereocenters. The van der Waals surface area contributed by atoms with Crippen molar-refractivity contribution in [2.45, 2.75) is 20.3 Å². The van der Waals surface area contributed by atoms with Gasteiger partial charge < -0.3 is 15.5 Å². The van der Waals surface area contributed by atoms with Crippen LogP contribution in [0.2, 0.25) is 0 Å². The van der Waals surface area contributed by atoms with Crippen molar-refractivity contribution in [2.24, 2.45) is 0 Å². The first-order chi connectivity index (χ1) is 14.4. The van der Waals surface area contributed by atoms with Crippen LogP contribution in [-0.2, 0) is 11.2 Å². The molecule has 0 aliphatic carbocycles. The Morgan fingerprint density at radius 3 is 2.40 bits per heavy atom. The van der Waals surface area contributed by atoms with Crippen LogP contribution in [0, 0.1) is 6.92 Å². The van der Waals surface area contributed by atoms with Crippen LogP contribution in [0.3, 0.4) is 0 Å². The van der Waals surface area contributed by atoms with Crippen LogP contribution in [0.1, 0.15) is 28.5 Å². The number of amides is 2. The topological polar surface area (TPSA) is 74.3 Å². The maximum atomic E-state index is 12.8. The van der Waals surface area contributed by atoms with E-state index in [9.17, 15) is 9.59 Å². The number of benzene rings is 2. The van der Waals surface area contributed by atoms with Gasteiger partial charge in [0.15, 0.2) is 0 Å². The number of anilines is 3. The number of nitrogens with one attached hydrogen (secondary N) is 2. The molecule has 1 heterocycles. The molecule has 0 aliphatic heterocycles. The Morgan fingerprint density at radius 1 is 1.00 bits per heavy atom. The van der Waals surface area contributed by atoms with E-state index >= 15 is 0 Å². The summed E-state index contributed by atoms with van der Waals surface area (Å²) >= 11 is 0. The van der Waals surface area contributed by atoms with Gasteiger partial charge in [0.1, 0.15) is 0 Å². The average Bonchev–Trinajstić information content (AvgIpc) is 2.75. The lowest BCUT2D eigenvalue weighted by atomic mass is 10.1. The van der Waals surface area contributed by atoms with Crippen LogP contribution in [0.25, 0.3) is 0 Å². The number of carbonyl (C=O) groups excluding carboxylic acids is 2.